The number of thioether (sulfide) groups is 1. The van der Waals surface area contributed by atoms with Crippen LogP contribution in [0.25, 0.3) is 6.08 Å². The highest BCUT2D eigenvalue weighted by atomic mass is 32.2. The van der Waals surface area contributed by atoms with Gasteiger partial charge >= 0.3 is 6.09 Å². The van der Waals surface area contributed by atoms with Crippen LogP contribution in [0.3, 0.4) is 0 Å². The summed E-state index contributed by atoms with van der Waals surface area (Å²) in [7, 11) is -0.955. The van der Waals surface area contributed by atoms with E-state index in [0.717, 1.165) is 35.7 Å². The largest absolute Gasteiger partial charge is 0.444 e. The Bertz CT molecular complexity index is 669. The molecule has 1 atom stereocenters. The molecule has 1 aromatic carbocycles. The maximum atomic E-state index is 12.2. The van der Waals surface area contributed by atoms with E-state index in [4.69, 9.17) is 4.74 Å². The number of hydrogen-bond donors (Lipinski definition) is 0. The van der Waals surface area contributed by atoms with E-state index < -0.39 is 16.4 Å². The van der Waals surface area contributed by atoms with Gasteiger partial charge in [0.2, 0.25) is 0 Å². The molecule has 1 unspecified atom stereocenters. The van der Waals surface area contributed by atoms with Crippen molar-refractivity contribution in [3.63, 3.8) is 0 Å². The fraction of sp³-hybridized carbons (Fsp3) is 0.550. The zero-order valence-corrected chi connectivity index (χ0v) is 17.9. The molecular weight excluding hydrogens is 366 g/mol. The minimum absolute atomic E-state index is 0.214. The number of likely N-dealkylation sites (tertiary alicyclic amines) is 1. The Morgan fingerprint density at radius 1 is 1.23 bits per heavy atom. The summed E-state index contributed by atoms with van der Waals surface area (Å²) in [5, 5.41) is 0. The van der Waals surface area contributed by atoms with Gasteiger partial charge in [-0.25, -0.2) is 4.79 Å². The van der Waals surface area contributed by atoms with Crippen LogP contribution in [0.15, 0.2) is 28.5 Å². The molecule has 0 radical (unpaired) electrons. The molecule has 1 aliphatic heterocycles. The van der Waals surface area contributed by atoms with Crippen LogP contribution in [0.2, 0.25) is 0 Å². The molecule has 0 saturated carbocycles. The topological polar surface area (TPSA) is 46.6 Å². The molecule has 4 nitrogen and oxygen atoms in total. The quantitative estimate of drug-likeness (QED) is 0.732. The molecule has 1 fully saturated rings. The standard InChI is InChI=1S/C20H29NO3S2/c1-20(2,3)24-19(22)21-12-10-17(11-13-21)16-8-6-15(7-9-16)14-18(25-4)26(5)23/h6-9,14,17H,10-13H2,1-5H3. The summed E-state index contributed by atoms with van der Waals surface area (Å²) in [5.41, 5.74) is 1.92. The van der Waals surface area contributed by atoms with Gasteiger partial charge in [-0.1, -0.05) is 24.3 Å². The molecule has 2 rings (SSSR count). The van der Waals surface area contributed by atoms with E-state index >= 15 is 0 Å². The molecule has 144 valence electrons. The zero-order valence-electron chi connectivity index (χ0n) is 16.3. The number of nitrogens with zero attached hydrogens (tertiary/aromatic N) is 1. The number of rotatable bonds is 4. The third kappa shape index (κ3) is 6.16. The number of carbonyl (C=O) groups excluding carboxylic acids is 1. The molecule has 0 bridgehead atoms. The fourth-order valence-corrected chi connectivity index (χ4v) is 4.48. The van der Waals surface area contributed by atoms with Gasteiger partial charge in [-0.05, 0) is 63.0 Å². The minimum atomic E-state index is -0.955. The van der Waals surface area contributed by atoms with E-state index in [1.807, 2.05) is 33.1 Å². The van der Waals surface area contributed by atoms with Crippen LogP contribution in [0.5, 0.6) is 0 Å². The number of piperidine rings is 1. The first-order valence-electron chi connectivity index (χ1n) is 8.86. The smallest absolute Gasteiger partial charge is 0.410 e. The maximum Gasteiger partial charge on any atom is 0.410 e. The van der Waals surface area contributed by atoms with Crippen molar-refractivity contribution >= 4 is 34.7 Å². The van der Waals surface area contributed by atoms with Crippen LogP contribution in [0.4, 0.5) is 4.79 Å². The Hall–Kier alpha value is -1.27. The lowest BCUT2D eigenvalue weighted by Crippen LogP contribution is -2.41. The lowest BCUT2D eigenvalue weighted by Gasteiger charge is -2.33. The molecule has 1 aliphatic rings. The van der Waals surface area contributed by atoms with Gasteiger partial charge in [0.25, 0.3) is 0 Å². The van der Waals surface area contributed by atoms with E-state index in [2.05, 4.69) is 24.3 Å². The normalized spacial score (nSPS) is 17.9. The highest BCUT2D eigenvalue weighted by Gasteiger charge is 2.27. The number of hydrogen-bond acceptors (Lipinski definition) is 4. The summed E-state index contributed by atoms with van der Waals surface area (Å²) in [5.74, 6) is 0.465. The van der Waals surface area contributed by atoms with E-state index in [1.54, 1.807) is 11.2 Å². The van der Waals surface area contributed by atoms with Crippen molar-refractivity contribution < 1.29 is 13.7 Å². The average Bonchev–Trinajstić information content (AvgIpc) is 2.58. The Morgan fingerprint density at radius 2 is 1.81 bits per heavy atom. The number of ether oxygens (including phenoxy) is 1. The molecule has 0 spiro atoms. The second kappa shape index (κ2) is 9.09. The van der Waals surface area contributed by atoms with Crippen molar-refractivity contribution in [3.8, 4) is 0 Å². The fourth-order valence-electron chi connectivity index (χ4n) is 2.98. The highest BCUT2D eigenvalue weighted by molar-refractivity contribution is 8.16. The van der Waals surface area contributed by atoms with E-state index in [1.165, 1.54) is 17.3 Å². The van der Waals surface area contributed by atoms with Crippen molar-refractivity contribution in [2.75, 3.05) is 25.6 Å². The van der Waals surface area contributed by atoms with Crippen LogP contribution in [0.1, 0.15) is 50.7 Å². The van der Waals surface area contributed by atoms with Crippen molar-refractivity contribution in [3.05, 3.63) is 39.6 Å². The van der Waals surface area contributed by atoms with Gasteiger partial charge in [-0.15, -0.1) is 11.8 Å². The minimum Gasteiger partial charge on any atom is -0.444 e. The lowest BCUT2D eigenvalue weighted by atomic mass is 9.89. The van der Waals surface area contributed by atoms with Crippen LogP contribution < -0.4 is 0 Å². The van der Waals surface area contributed by atoms with Crippen molar-refractivity contribution in [1.29, 1.82) is 0 Å². The zero-order chi connectivity index (χ0) is 19.3. The Kier molecular flexibility index (Phi) is 7.35. The van der Waals surface area contributed by atoms with Gasteiger partial charge in [-0.2, -0.15) is 0 Å². The van der Waals surface area contributed by atoms with Crippen molar-refractivity contribution in [1.82, 2.24) is 4.90 Å². The van der Waals surface area contributed by atoms with Gasteiger partial charge in [0.05, 0.1) is 15.0 Å². The molecule has 1 aromatic rings. The number of amides is 1. The van der Waals surface area contributed by atoms with Gasteiger partial charge in [0.15, 0.2) is 0 Å². The van der Waals surface area contributed by atoms with Crippen LogP contribution in [-0.4, -0.2) is 46.4 Å². The average molecular weight is 396 g/mol. The monoisotopic (exact) mass is 395 g/mol. The molecular formula is C20H29NO3S2. The van der Waals surface area contributed by atoms with Crippen LogP contribution >= 0.6 is 11.8 Å². The third-order valence-corrected chi connectivity index (χ3v) is 6.73. The molecule has 0 aromatic heterocycles. The molecule has 26 heavy (non-hydrogen) atoms. The third-order valence-electron chi connectivity index (χ3n) is 4.32. The van der Waals surface area contributed by atoms with Gasteiger partial charge in [0, 0.05) is 19.3 Å². The lowest BCUT2D eigenvalue weighted by molar-refractivity contribution is 0.0205. The van der Waals surface area contributed by atoms with E-state index in [9.17, 15) is 9.00 Å². The predicted octanol–water partition coefficient (Wildman–Crippen LogP) is 4.84. The van der Waals surface area contributed by atoms with Crippen molar-refractivity contribution in [2.24, 2.45) is 0 Å². The first-order chi connectivity index (χ1) is 12.2. The molecule has 0 N–H and O–H groups in total. The first-order valence-corrected chi connectivity index (χ1v) is 11.6. The molecule has 1 saturated heterocycles. The first kappa shape index (κ1) is 21.0. The van der Waals surface area contributed by atoms with Crippen molar-refractivity contribution in [2.45, 2.75) is 45.1 Å². The summed E-state index contributed by atoms with van der Waals surface area (Å²) >= 11 is 1.52. The summed E-state index contributed by atoms with van der Waals surface area (Å²) in [6, 6.07) is 8.46. The van der Waals surface area contributed by atoms with E-state index in [0.29, 0.717) is 5.92 Å². The molecule has 0 aliphatic carbocycles. The van der Waals surface area contributed by atoms with Gasteiger partial charge in [-0.3, -0.25) is 4.21 Å². The molecule has 6 heteroatoms. The Labute approximate surface area is 163 Å². The SMILES string of the molecule is CSC(=Cc1ccc(C2CCN(C(=O)OC(C)(C)C)CC2)cc1)S(C)=O. The summed E-state index contributed by atoms with van der Waals surface area (Å²) in [6.45, 7) is 7.14. The molecule has 1 amide bonds. The maximum absolute atomic E-state index is 12.2. The number of carbonyl (C=O) groups is 1. The summed E-state index contributed by atoms with van der Waals surface area (Å²) < 4.78 is 18.0. The van der Waals surface area contributed by atoms with Gasteiger partial charge in [0.1, 0.15) is 5.60 Å². The second-order valence-corrected chi connectivity index (χ2v) is 9.98. The number of benzene rings is 1. The van der Waals surface area contributed by atoms with Crippen LogP contribution in [-0.2, 0) is 15.5 Å². The Morgan fingerprint density at radius 3 is 2.27 bits per heavy atom. The van der Waals surface area contributed by atoms with E-state index in [-0.39, 0.29) is 6.09 Å². The van der Waals surface area contributed by atoms with Crippen LogP contribution in [0, 0.1) is 0 Å². The van der Waals surface area contributed by atoms with Gasteiger partial charge < -0.3 is 9.64 Å². The Balaban J connectivity index is 1.95. The second-order valence-electron chi connectivity index (χ2n) is 7.53. The predicted molar refractivity (Wildman–Crippen MR) is 112 cm³/mol. The summed E-state index contributed by atoms with van der Waals surface area (Å²) in [6.07, 6.45) is 7.31. The highest BCUT2D eigenvalue weighted by Crippen LogP contribution is 2.29. The molecule has 1 heterocycles. The summed E-state index contributed by atoms with van der Waals surface area (Å²) in [4.78, 5) is 14.0.